The summed E-state index contributed by atoms with van der Waals surface area (Å²) in [7, 11) is 0. The number of ether oxygens (including phenoxy) is 1. The minimum atomic E-state index is -0.479. The molecule has 0 saturated carbocycles. The molecule has 0 amide bonds. The lowest BCUT2D eigenvalue weighted by atomic mass is 10.1. The smallest absolute Gasteiger partial charge is 0.345 e. The number of benzene rings is 2. The number of carbonyl (C=O) groups is 1. The molecule has 0 atom stereocenters. The van der Waals surface area contributed by atoms with E-state index < -0.39 is 10.9 Å². The molecule has 24 heavy (non-hydrogen) atoms. The SMILES string of the molecule is O=C(Oc1ccc2c(c1)CCC2)c1c[nH]c2cc([N+](=O)[O-])ccc12. The van der Waals surface area contributed by atoms with Crippen LogP contribution in [0.2, 0.25) is 0 Å². The third-order valence-corrected chi connectivity index (χ3v) is 4.38. The third kappa shape index (κ3) is 2.42. The lowest BCUT2D eigenvalue weighted by Gasteiger charge is -2.06. The van der Waals surface area contributed by atoms with Crippen LogP contribution in [0.4, 0.5) is 5.69 Å². The lowest BCUT2D eigenvalue weighted by Crippen LogP contribution is -2.08. The summed E-state index contributed by atoms with van der Waals surface area (Å²) in [6.07, 6.45) is 4.74. The fourth-order valence-electron chi connectivity index (χ4n) is 3.17. The van der Waals surface area contributed by atoms with E-state index in [1.807, 2.05) is 18.2 Å². The first-order valence-corrected chi connectivity index (χ1v) is 7.71. The summed E-state index contributed by atoms with van der Waals surface area (Å²) in [5.41, 5.74) is 3.41. The molecule has 0 saturated heterocycles. The second-order valence-corrected chi connectivity index (χ2v) is 5.86. The molecule has 1 aromatic heterocycles. The van der Waals surface area contributed by atoms with Crippen molar-refractivity contribution >= 4 is 22.6 Å². The molecule has 6 nitrogen and oxygen atoms in total. The van der Waals surface area contributed by atoms with Crippen LogP contribution in [0.25, 0.3) is 10.9 Å². The van der Waals surface area contributed by atoms with E-state index in [0.29, 0.717) is 22.2 Å². The van der Waals surface area contributed by atoms with E-state index >= 15 is 0 Å². The highest BCUT2D eigenvalue weighted by atomic mass is 16.6. The summed E-state index contributed by atoms with van der Waals surface area (Å²) >= 11 is 0. The molecule has 1 aliphatic rings. The highest BCUT2D eigenvalue weighted by Crippen LogP contribution is 2.28. The van der Waals surface area contributed by atoms with Crippen LogP contribution in [0.15, 0.2) is 42.6 Å². The number of aromatic amines is 1. The average Bonchev–Trinajstić information content (AvgIpc) is 3.20. The van der Waals surface area contributed by atoms with Gasteiger partial charge in [0, 0.05) is 23.7 Å². The summed E-state index contributed by atoms with van der Waals surface area (Å²) in [4.78, 5) is 25.7. The Balaban J connectivity index is 1.62. The van der Waals surface area contributed by atoms with Gasteiger partial charge in [-0.1, -0.05) is 6.07 Å². The third-order valence-electron chi connectivity index (χ3n) is 4.38. The summed E-state index contributed by atoms with van der Waals surface area (Å²) < 4.78 is 5.48. The highest BCUT2D eigenvalue weighted by Gasteiger charge is 2.18. The van der Waals surface area contributed by atoms with Crippen molar-refractivity contribution in [1.82, 2.24) is 4.98 Å². The molecular weight excluding hydrogens is 308 g/mol. The Labute approximate surface area is 137 Å². The van der Waals surface area contributed by atoms with Gasteiger partial charge in [-0.2, -0.15) is 0 Å². The maximum atomic E-state index is 12.4. The van der Waals surface area contributed by atoms with Crippen LogP contribution in [0, 0.1) is 10.1 Å². The second kappa shape index (κ2) is 5.49. The van der Waals surface area contributed by atoms with Gasteiger partial charge in [0.15, 0.2) is 0 Å². The molecule has 1 N–H and O–H groups in total. The summed E-state index contributed by atoms with van der Waals surface area (Å²) in [5.74, 6) is 0.0463. The highest BCUT2D eigenvalue weighted by molar-refractivity contribution is 6.05. The van der Waals surface area contributed by atoms with Gasteiger partial charge in [-0.3, -0.25) is 10.1 Å². The maximum Gasteiger partial charge on any atom is 0.345 e. The van der Waals surface area contributed by atoms with Crippen LogP contribution in [-0.4, -0.2) is 15.9 Å². The van der Waals surface area contributed by atoms with Gasteiger partial charge < -0.3 is 9.72 Å². The van der Waals surface area contributed by atoms with Gasteiger partial charge in [0.2, 0.25) is 0 Å². The number of nitrogens with zero attached hydrogens (tertiary/aromatic N) is 1. The van der Waals surface area contributed by atoms with Gasteiger partial charge in [0.05, 0.1) is 16.0 Å². The molecule has 2 aromatic carbocycles. The summed E-state index contributed by atoms with van der Waals surface area (Å²) in [6, 6.07) is 10.1. The van der Waals surface area contributed by atoms with E-state index in [9.17, 15) is 14.9 Å². The predicted octanol–water partition coefficient (Wildman–Crippen LogP) is 3.78. The maximum absolute atomic E-state index is 12.4. The predicted molar refractivity (Wildman–Crippen MR) is 88.4 cm³/mol. The van der Waals surface area contributed by atoms with Crippen molar-refractivity contribution in [3.8, 4) is 5.75 Å². The van der Waals surface area contributed by atoms with E-state index in [1.54, 1.807) is 6.07 Å². The Bertz CT molecular complexity index is 974. The van der Waals surface area contributed by atoms with E-state index in [1.165, 1.54) is 29.5 Å². The molecule has 4 rings (SSSR count). The molecule has 0 aliphatic heterocycles. The van der Waals surface area contributed by atoms with Gasteiger partial charge in [-0.05, 0) is 48.6 Å². The van der Waals surface area contributed by atoms with Gasteiger partial charge in [-0.15, -0.1) is 0 Å². The van der Waals surface area contributed by atoms with Crippen molar-refractivity contribution in [1.29, 1.82) is 0 Å². The molecule has 1 heterocycles. The minimum Gasteiger partial charge on any atom is -0.423 e. The van der Waals surface area contributed by atoms with Crippen LogP contribution < -0.4 is 4.74 Å². The van der Waals surface area contributed by atoms with E-state index in [2.05, 4.69) is 4.98 Å². The van der Waals surface area contributed by atoms with Crippen molar-refractivity contribution in [3.05, 3.63) is 69.4 Å². The number of nitro groups is 1. The molecule has 3 aromatic rings. The topological polar surface area (TPSA) is 85.2 Å². The Morgan fingerprint density at radius 2 is 1.96 bits per heavy atom. The number of fused-ring (bicyclic) bond motifs is 2. The Morgan fingerprint density at radius 1 is 1.12 bits per heavy atom. The number of non-ortho nitro benzene ring substituents is 1. The minimum absolute atomic E-state index is 0.0251. The first-order chi connectivity index (χ1) is 11.6. The molecule has 0 unspecified atom stereocenters. The number of aryl methyl sites for hydroxylation is 2. The second-order valence-electron chi connectivity index (χ2n) is 5.86. The fraction of sp³-hybridized carbons (Fsp3) is 0.167. The number of esters is 1. The van der Waals surface area contributed by atoms with E-state index in [-0.39, 0.29) is 5.69 Å². The van der Waals surface area contributed by atoms with Crippen LogP contribution in [-0.2, 0) is 12.8 Å². The summed E-state index contributed by atoms with van der Waals surface area (Å²) in [6.45, 7) is 0. The van der Waals surface area contributed by atoms with Crippen molar-refractivity contribution in [3.63, 3.8) is 0 Å². The number of hydrogen-bond acceptors (Lipinski definition) is 4. The zero-order valence-electron chi connectivity index (χ0n) is 12.7. The number of rotatable bonds is 3. The van der Waals surface area contributed by atoms with Gasteiger partial charge in [0.1, 0.15) is 5.75 Å². The molecule has 0 fully saturated rings. The van der Waals surface area contributed by atoms with Crippen LogP contribution >= 0.6 is 0 Å². The van der Waals surface area contributed by atoms with Crippen LogP contribution in [0.5, 0.6) is 5.75 Å². The number of nitro benzene ring substituents is 1. The zero-order chi connectivity index (χ0) is 16.7. The molecule has 0 spiro atoms. The van der Waals surface area contributed by atoms with Gasteiger partial charge in [-0.25, -0.2) is 4.79 Å². The Hall–Kier alpha value is -3.15. The standard InChI is InChI=1S/C18H14N2O4/c21-18(24-14-6-4-11-2-1-3-12(11)8-14)16-10-19-17-9-13(20(22)23)5-7-15(16)17/h4-10,19H,1-3H2. The first-order valence-electron chi connectivity index (χ1n) is 7.71. The molecule has 1 aliphatic carbocycles. The largest absolute Gasteiger partial charge is 0.423 e. The Kier molecular flexibility index (Phi) is 3.30. The molecule has 120 valence electrons. The van der Waals surface area contributed by atoms with Crippen LogP contribution in [0.3, 0.4) is 0 Å². The van der Waals surface area contributed by atoms with Gasteiger partial charge >= 0.3 is 5.97 Å². The quantitative estimate of drug-likeness (QED) is 0.344. The monoisotopic (exact) mass is 322 g/mol. The van der Waals surface area contributed by atoms with E-state index in [0.717, 1.165) is 19.3 Å². The lowest BCUT2D eigenvalue weighted by molar-refractivity contribution is -0.384. The first kappa shape index (κ1) is 14.4. The number of H-pyrrole nitrogens is 1. The van der Waals surface area contributed by atoms with Gasteiger partial charge in [0.25, 0.3) is 5.69 Å². The Morgan fingerprint density at radius 3 is 2.79 bits per heavy atom. The van der Waals surface area contributed by atoms with Crippen molar-refractivity contribution in [2.24, 2.45) is 0 Å². The average molecular weight is 322 g/mol. The molecule has 0 bridgehead atoms. The van der Waals surface area contributed by atoms with Crippen LogP contribution in [0.1, 0.15) is 27.9 Å². The molecule has 0 radical (unpaired) electrons. The number of carbonyl (C=O) groups excluding carboxylic acids is 1. The summed E-state index contributed by atoms with van der Waals surface area (Å²) in [5, 5.41) is 11.4. The number of aromatic nitrogens is 1. The normalized spacial score (nSPS) is 13.0. The van der Waals surface area contributed by atoms with E-state index in [4.69, 9.17) is 4.74 Å². The van der Waals surface area contributed by atoms with Crippen molar-refractivity contribution in [2.45, 2.75) is 19.3 Å². The molecular formula is C18H14N2O4. The molecule has 6 heteroatoms. The van der Waals surface area contributed by atoms with Crippen molar-refractivity contribution in [2.75, 3.05) is 0 Å². The number of nitrogens with one attached hydrogen (secondary N) is 1. The fourth-order valence-corrected chi connectivity index (χ4v) is 3.17. The number of hydrogen-bond donors (Lipinski definition) is 1. The zero-order valence-corrected chi connectivity index (χ0v) is 12.7. The van der Waals surface area contributed by atoms with Crippen molar-refractivity contribution < 1.29 is 14.5 Å².